The number of ether oxygens (including phenoxy) is 1. The first-order chi connectivity index (χ1) is 12.6. The Bertz CT molecular complexity index is 1050. The van der Waals surface area contributed by atoms with Crippen molar-refractivity contribution in [2.75, 3.05) is 6.61 Å². The number of aromatic nitrogens is 2. The number of carbonyl (C=O) groups is 1. The first kappa shape index (κ1) is 17.4. The van der Waals surface area contributed by atoms with E-state index in [4.69, 9.17) is 10.00 Å². The second-order valence-electron chi connectivity index (χ2n) is 5.84. The number of para-hydroxylation sites is 1. The first-order valence-electron chi connectivity index (χ1n) is 8.20. The van der Waals surface area contributed by atoms with E-state index in [2.05, 4.69) is 4.98 Å². The van der Waals surface area contributed by atoms with Gasteiger partial charge in [0.15, 0.2) is 6.61 Å². The molecule has 0 N–H and O–H groups in total. The second-order valence-corrected chi connectivity index (χ2v) is 5.84. The fourth-order valence-electron chi connectivity index (χ4n) is 2.71. The Labute approximate surface area is 150 Å². The molecule has 6 heteroatoms. The van der Waals surface area contributed by atoms with Crippen LogP contribution in [-0.2, 0) is 16.0 Å². The van der Waals surface area contributed by atoms with Gasteiger partial charge in [0.25, 0.3) is 5.56 Å². The number of esters is 1. The lowest BCUT2D eigenvalue weighted by atomic mass is 10.2. The average molecular weight is 347 g/mol. The highest BCUT2D eigenvalue weighted by atomic mass is 16.5. The summed E-state index contributed by atoms with van der Waals surface area (Å²) in [6.07, 6.45) is 0.274. The molecule has 0 saturated heterocycles. The Morgan fingerprint density at radius 3 is 2.65 bits per heavy atom. The molecule has 0 aliphatic rings. The Morgan fingerprint density at radius 1 is 1.19 bits per heavy atom. The van der Waals surface area contributed by atoms with E-state index in [0.29, 0.717) is 22.4 Å². The van der Waals surface area contributed by atoms with Crippen LogP contribution in [0, 0.1) is 18.3 Å². The second kappa shape index (κ2) is 7.62. The molecule has 0 fully saturated rings. The number of rotatable bonds is 5. The highest BCUT2D eigenvalue weighted by Crippen LogP contribution is 2.15. The Kier molecular flexibility index (Phi) is 5.09. The largest absolute Gasteiger partial charge is 0.450 e. The molecule has 3 rings (SSSR count). The zero-order chi connectivity index (χ0) is 18.5. The van der Waals surface area contributed by atoms with Crippen molar-refractivity contribution in [3.05, 3.63) is 70.3 Å². The molecular weight excluding hydrogens is 330 g/mol. The van der Waals surface area contributed by atoms with Crippen molar-refractivity contribution in [2.45, 2.75) is 19.8 Å². The number of fused-ring (bicyclic) bond motifs is 1. The minimum atomic E-state index is -0.496. The van der Waals surface area contributed by atoms with E-state index in [1.807, 2.05) is 37.3 Å². The van der Waals surface area contributed by atoms with Gasteiger partial charge in [0.1, 0.15) is 11.9 Å². The SMILES string of the molecule is Cc1ccc(-n2c(CCC(=O)OCC#N)nc3ccccc3c2=O)cc1. The van der Waals surface area contributed by atoms with Gasteiger partial charge in [-0.05, 0) is 31.2 Å². The van der Waals surface area contributed by atoms with Crippen LogP contribution in [0.1, 0.15) is 17.8 Å². The molecule has 130 valence electrons. The summed E-state index contributed by atoms with van der Waals surface area (Å²) in [5, 5.41) is 9.00. The lowest BCUT2D eigenvalue weighted by Gasteiger charge is -2.13. The predicted octanol–water partition coefficient (Wildman–Crippen LogP) is 2.69. The minimum absolute atomic E-state index is 0.0400. The van der Waals surface area contributed by atoms with Crippen molar-refractivity contribution >= 4 is 16.9 Å². The van der Waals surface area contributed by atoms with E-state index < -0.39 is 5.97 Å². The van der Waals surface area contributed by atoms with Crippen LogP contribution in [0.2, 0.25) is 0 Å². The maximum Gasteiger partial charge on any atom is 0.307 e. The number of aryl methyl sites for hydroxylation is 2. The summed E-state index contributed by atoms with van der Waals surface area (Å²) < 4.78 is 6.30. The van der Waals surface area contributed by atoms with Crippen LogP contribution in [0.5, 0.6) is 0 Å². The predicted molar refractivity (Wildman–Crippen MR) is 97.0 cm³/mol. The highest BCUT2D eigenvalue weighted by Gasteiger charge is 2.14. The molecule has 3 aromatic rings. The highest BCUT2D eigenvalue weighted by molar-refractivity contribution is 5.78. The van der Waals surface area contributed by atoms with E-state index in [-0.39, 0.29) is 25.0 Å². The van der Waals surface area contributed by atoms with Crippen LogP contribution in [0.15, 0.2) is 53.3 Å². The van der Waals surface area contributed by atoms with Crippen molar-refractivity contribution in [1.29, 1.82) is 5.26 Å². The van der Waals surface area contributed by atoms with Crippen LogP contribution in [0.25, 0.3) is 16.6 Å². The summed E-state index contributed by atoms with van der Waals surface area (Å²) in [5.74, 6) is -0.0177. The molecule has 0 unspecified atom stereocenters. The maximum absolute atomic E-state index is 13.0. The molecule has 26 heavy (non-hydrogen) atoms. The zero-order valence-corrected chi connectivity index (χ0v) is 14.3. The molecule has 0 aliphatic carbocycles. The summed E-state index contributed by atoms with van der Waals surface area (Å²) in [7, 11) is 0. The molecule has 0 spiro atoms. The van der Waals surface area contributed by atoms with Gasteiger partial charge in [-0.25, -0.2) is 4.98 Å². The third-order valence-corrected chi connectivity index (χ3v) is 3.99. The number of hydrogen-bond acceptors (Lipinski definition) is 5. The van der Waals surface area contributed by atoms with Gasteiger partial charge in [0.2, 0.25) is 0 Å². The minimum Gasteiger partial charge on any atom is -0.450 e. The fraction of sp³-hybridized carbons (Fsp3) is 0.200. The van der Waals surface area contributed by atoms with Gasteiger partial charge < -0.3 is 4.74 Å². The molecule has 1 heterocycles. The van der Waals surface area contributed by atoms with Gasteiger partial charge in [-0.3, -0.25) is 14.2 Å². The van der Waals surface area contributed by atoms with Crippen LogP contribution in [-0.4, -0.2) is 22.1 Å². The Balaban J connectivity index is 2.06. The first-order valence-corrected chi connectivity index (χ1v) is 8.20. The monoisotopic (exact) mass is 347 g/mol. The van der Waals surface area contributed by atoms with Crippen molar-refractivity contribution in [3.63, 3.8) is 0 Å². The molecule has 0 aliphatic heterocycles. The van der Waals surface area contributed by atoms with Gasteiger partial charge in [-0.15, -0.1) is 0 Å². The molecule has 0 atom stereocenters. The molecule has 0 saturated carbocycles. The van der Waals surface area contributed by atoms with Crippen molar-refractivity contribution in [3.8, 4) is 11.8 Å². The van der Waals surface area contributed by atoms with E-state index in [1.165, 1.54) is 4.57 Å². The molecule has 6 nitrogen and oxygen atoms in total. The smallest absolute Gasteiger partial charge is 0.307 e. The lowest BCUT2D eigenvalue weighted by molar-refractivity contribution is -0.142. The molecule has 0 radical (unpaired) electrons. The summed E-state index contributed by atoms with van der Waals surface area (Å²) in [5.41, 5.74) is 2.18. The summed E-state index contributed by atoms with van der Waals surface area (Å²) in [4.78, 5) is 29.3. The van der Waals surface area contributed by atoms with Crippen LogP contribution >= 0.6 is 0 Å². The van der Waals surface area contributed by atoms with E-state index >= 15 is 0 Å². The molecule has 0 bridgehead atoms. The van der Waals surface area contributed by atoms with E-state index in [9.17, 15) is 9.59 Å². The lowest BCUT2D eigenvalue weighted by Crippen LogP contribution is -2.24. The van der Waals surface area contributed by atoms with Gasteiger partial charge in [0.05, 0.1) is 23.0 Å². The third kappa shape index (κ3) is 3.62. The molecular formula is C20H17N3O3. The standard InChI is InChI=1S/C20H17N3O3/c1-14-6-8-15(9-7-14)23-18(10-11-19(24)26-13-12-21)22-17-5-3-2-4-16(17)20(23)25/h2-9H,10-11,13H2,1H3. The normalized spacial score (nSPS) is 10.5. The van der Waals surface area contributed by atoms with Gasteiger partial charge in [-0.2, -0.15) is 5.26 Å². The number of carbonyl (C=O) groups excluding carboxylic acids is 1. The molecule has 2 aromatic carbocycles. The summed E-state index contributed by atoms with van der Waals surface area (Å²) in [6, 6.07) is 16.4. The fourth-order valence-corrected chi connectivity index (χ4v) is 2.71. The third-order valence-electron chi connectivity index (χ3n) is 3.99. The quantitative estimate of drug-likeness (QED) is 0.663. The van der Waals surface area contributed by atoms with Crippen molar-refractivity contribution in [1.82, 2.24) is 9.55 Å². The topological polar surface area (TPSA) is 85.0 Å². The number of benzene rings is 2. The van der Waals surface area contributed by atoms with Crippen molar-refractivity contribution < 1.29 is 9.53 Å². The van der Waals surface area contributed by atoms with E-state index in [0.717, 1.165) is 5.56 Å². The van der Waals surface area contributed by atoms with Crippen LogP contribution in [0.3, 0.4) is 0 Å². The molecule has 1 aromatic heterocycles. The van der Waals surface area contributed by atoms with Gasteiger partial charge in [0, 0.05) is 6.42 Å². The number of nitrogens with zero attached hydrogens (tertiary/aromatic N) is 3. The van der Waals surface area contributed by atoms with Crippen LogP contribution in [0.4, 0.5) is 0 Å². The zero-order valence-electron chi connectivity index (χ0n) is 14.3. The number of hydrogen-bond donors (Lipinski definition) is 0. The summed E-state index contributed by atoms with van der Waals surface area (Å²) >= 11 is 0. The summed E-state index contributed by atoms with van der Waals surface area (Å²) in [6.45, 7) is 1.69. The van der Waals surface area contributed by atoms with Crippen molar-refractivity contribution in [2.24, 2.45) is 0 Å². The van der Waals surface area contributed by atoms with Gasteiger partial charge in [-0.1, -0.05) is 29.8 Å². The Morgan fingerprint density at radius 2 is 1.92 bits per heavy atom. The van der Waals surface area contributed by atoms with Gasteiger partial charge >= 0.3 is 5.97 Å². The van der Waals surface area contributed by atoms with E-state index in [1.54, 1.807) is 24.3 Å². The molecule has 0 amide bonds. The maximum atomic E-state index is 13.0. The van der Waals surface area contributed by atoms with Crippen LogP contribution < -0.4 is 5.56 Å². The number of nitriles is 1. The Hall–Kier alpha value is -3.46. The average Bonchev–Trinajstić information content (AvgIpc) is 2.66.